The molecule has 1 aromatic carbocycles. The van der Waals surface area contributed by atoms with Crippen molar-refractivity contribution in [2.45, 2.75) is 127 Å². The molecule has 0 unspecified atom stereocenters. The van der Waals surface area contributed by atoms with Gasteiger partial charge in [-0.25, -0.2) is 8.78 Å². The van der Waals surface area contributed by atoms with Crippen molar-refractivity contribution in [3.63, 3.8) is 0 Å². The average molecular weight is 469 g/mol. The van der Waals surface area contributed by atoms with Crippen molar-refractivity contribution >= 4 is 20.4 Å². The van der Waals surface area contributed by atoms with E-state index in [0.717, 1.165) is 30.7 Å². The maximum atomic E-state index is 14.6. The van der Waals surface area contributed by atoms with Crippen LogP contribution in [0, 0.1) is 11.7 Å². The average Bonchev–Trinajstić information content (AvgIpc) is 2.80. The van der Waals surface area contributed by atoms with Gasteiger partial charge in [0.2, 0.25) is 0 Å². The Balaban J connectivity index is 1.51. The fourth-order valence-corrected chi connectivity index (χ4v) is 10.3. The third-order valence-corrected chi connectivity index (χ3v) is 12.2. The molecule has 0 nitrogen and oxygen atoms in total. The first-order valence-electron chi connectivity index (χ1n) is 13.1. The summed E-state index contributed by atoms with van der Waals surface area (Å²) < 4.78 is 28.4. The van der Waals surface area contributed by atoms with Crippen molar-refractivity contribution in [3.05, 3.63) is 34.1 Å². The molecule has 1 aromatic rings. The molecule has 4 heteroatoms. The number of unbranched alkanes of at least 4 members (excludes halogenated alkanes) is 3. The molecule has 1 saturated carbocycles. The minimum atomic E-state index is -0.755. The summed E-state index contributed by atoms with van der Waals surface area (Å²) in [5.74, 6) is 0.401. The monoisotopic (exact) mass is 468 g/mol. The van der Waals surface area contributed by atoms with Crippen LogP contribution in [0.3, 0.4) is 0 Å². The van der Waals surface area contributed by atoms with Crippen LogP contribution < -0.4 is 0 Å². The van der Waals surface area contributed by atoms with Gasteiger partial charge in [-0.05, 0) is 42.2 Å². The minimum absolute atomic E-state index is 0.0467. The molecule has 2 fully saturated rings. The Bertz CT molecular complexity index is 663. The fraction of sp³-hybridized carbons (Fsp3) is 0.778. The van der Waals surface area contributed by atoms with E-state index in [1.165, 1.54) is 70.6 Å². The number of benzene rings is 1. The molecule has 176 valence electrons. The topological polar surface area (TPSA) is 0 Å². The Morgan fingerprint density at radius 3 is 2.45 bits per heavy atom. The van der Waals surface area contributed by atoms with Gasteiger partial charge < -0.3 is 0 Å². The number of alkyl halides is 1. The van der Waals surface area contributed by atoms with E-state index in [9.17, 15) is 8.78 Å². The van der Waals surface area contributed by atoms with Crippen LogP contribution in [0.2, 0.25) is 23.2 Å². The van der Waals surface area contributed by atoms with Gasteiger partial charge in [0.15, 0.2) is 0 Å². The third-order valence-electron chi connectivity index (χ3n) is 8.41. The van der Waals surface area contributed by atoms with Crippen LogP contribution in [-0.4, -0.2) is 8.80 Å². The molecule has 31 heavy (non-hydrogen) atoms. The van der Waals surface area contributed by atoms with E-state index >= 15 is 0 Å². The Morgan fingerprint density at radius 1 is 1.03 bits per heavy atom. The van der Waals surface area contributed by atoms with E-state index in [0.29, 0.717) is 0 Å². The molecule has 1 aliphatic heterocycles. The Hall–Kier alpha value is -0.413. The second-order valence-electron chi connectivity index (χ2n) is 10.5. The summed E-state index contributed by atoms with van der Waals surface area (Å²) in [5.41, 5.74) is 1.09. The zero-order valence-corrected chi connectivity index (χ0v) is 21.6. The van der Waals surface area contributed by atoms with E-state index in [2.05, 4.69) is 6.92 Å². The van der Waals surface area contributed by atoms with Crippen LogP contribution in [0.4, 0.5) is 8.78 Å². The van der Waals surface area contributed by atoms with Crippen molar-refractivity contribution in [1.29, 1.82) is 0 Å². The van der Waals surface area contributed by atoms with Crippen LogP contribution in [0.1, 0.15) is 108 Å². The summed E-state index contributed by atoms with van der Waals surface area (Å²) in [6, 6.07) is 8.29. The van der Waals surface area contributed by atoms with Crippen molar-refractivity contribution < 1.29 is 8.78 Å². The van der Waals surface area contributed by atoms with Gasteiger partial charge in [0, 0.05) is 14.4 Å². The lowest BCUT2D eigenvalue weighted by Gasteiger charge is -2.39. The zero-order valence-electron chi connectivity index (χ0n) is 19.7. The van der Waals surface area contributed by atoms with Crippen molar-refractivity contribution in [2.24, 2.45) is 5.92 Å². The molecular formula is C27H43ClF2Si. The van der Waals surface area contributed by atoms with Gasteiger partial charge in [0.25, 0.3) is 0 Å². The largest absolute Gasteiger partial charge is 0.246 e. The van der Waals surface area contributed by atoms with Crippen LogP contribution in [-0.2, 0) is 12.1 Å². The maximum Gasteiger partial charge on any atom is 0.147 e. The van der Waals surface area contributed by atoms with E-state index in [4.69, 9.17) is 11.6 Å². The summed E-state index contributed by atoms with van der Waals surface area (Å²) in [4.78, 5) is 0. The number of hydrogen-bond donors (Lipinski definition) is 0. The third kappa shape index (κ3) is 6.79. The number of halogens is 3. The lowest BCUT2D eigenvalue weighted by molar-refractivity contribution is 0.257. The Kier molecular flexibility index (Phi) is 10.4. The van der Waals surface area contributed by atoms with Gasteiger partial charge in [-0.3, -0.25) is 0 Å². The predicted octanol–water partition coefficient (Wildman–Crippen LogP) is 9.54. The van der Waals surface area contributed by atoms with Gasteiger partial charge in [-0.15, -0.1) is 0 Å². The maximum absolute atomic E-state index is 14.6. The quantitative estimate of drug-likeness (QED) is 0.224. The molecule has 0 spiro atoms. The molecule has 1 heterocycles. The summed E-state index contributed by atoms with van der Waals surface area (Å²) >= 11 is 5.97. The van der Waals surface area contributed by atoms with Gasteiger partial charge >= 0.3 is 0 Å². The highest BCUT2D eigenvalue weighted by atomic mass is 35.5. The second-order valence-corrected chi connectivity index (χ2v) is 14.4. The summed E-state index contributed by atoms with van der Waals surface area (Å²) in [5, 5.41) is 0.0520. The van der Waals surface area contributed by atoms with Crippen molar-refractivity contribution in [3.8, 4) is 0 Å². The lowest BCUT2D eigenvalue weighted by Crippen LogP contribution is -2.31. The number of rotatable bonds is 11. The van der Waals surface area contributed by atoms with E-state index < -0.39 is 21.3 Å². The second kappa shape index (κ2) is 12.7. The molecule has 1 saturated heterocycles. The minimum Gasteiger partial charge on any atom is -0.246 e. The first-order chi connectivity index (χ1) is 15.1. The standard InChI is InChI=1S/C27H43ClF2Si/c1-2-3-9-18-31-19-13-22(14-20-31)10-5-8-17-27(15-6-4-7-16-27)24-11-12-25(28)26(30)23(24)21-29/h11-12,22,31H,2-10,13-21H2,1H3. The smallest absolute Gasteiger partial charge is 0.147 e. The Labute approximate surface area is 196 Å². The molecule has 0 radical (unpaired) electrons. The highest BCUT2D eigenvalue weighted by molar-refractivity contribution is 6.58. The van der Waals surface area contributed by atoms with Crippen molar-refractivity contribution in [1.82, 2.24) is 0 Å². The molecular weight excluding hydrogens is 426 g/mol. The molecule has 0 aromatic heterocycles. The van der Waals surface area contributed by atoms with E-state index in [1.807, 2.05) is 6.07 Å². The van der Waals surface area contributed by atoms with Crippen LogP contribution in [0.15, 0.2) is 12.1 Å². The molecule has 3 rings (SSSR count). The van der Waals surface area contributed by atoms with Gasteiger partial charge in [0.1, 0.15) is 12.5 Å². The van der Waals surface area contributed by atoms with E-state index in [-0.39, 0.29) is 16.0 Å². The van der Waals surface area contributed by atoms with Gasteiger partial charge in [-0.1, -0.05) is 113 Å². The summed E-state index contributed by atoms with van der Waals surface area (Å²) in [6.45, 7) is 1.55. The highest BCUT2D eigenvalue weighted by Crippen LogP contribution is 2.46. The molecule has 0 amide bonds. The Morgan fingerprint density at radius 2 is 1.77 bits per heavy atom. The molecule has 1 aliphatic carbocycles. The number of hydrogen-bond acceptors (Lipinski definition) is 0. The first kappa shape index (κ1) is 25.2. The lowest BCUT2D eigenvalue weighted by atomic mass is 9.65. The normalized spacial score (nSPS) is 23.7. The van der Waals surface area contributed by atoms with Crippen molar-refractivity contribution in [2.75, 3.05) is 0 Å². The van der Waals surface area contributed by atoms with Gasteiger partial charge in [-0.2, -0.15) is 0 Å². The first-order valence-corrected chi connectivity index (χ1v) is 16.0. The molecule has 2 aliphatic rings. The summed E-state index contributed by atoms with van der Waals surface area (Å²) in [6.07, 6.45) is 17.8. The highest BCUT2D eigenvalue weighted by Gasteiger charge is 2.36. The SMILES string of the molecule is CCCCC[SiH]1CCC(CCCCC2(c3ccc(Cl)c(F)c3CF)CCCCC2)CC1. The van der Waals surface area contributed by atoms with Crippen LogP contribution >= 0.6 is 11.6 Å². The van der Waals surface area contributed by atoms with E-state index in [1.54, 1.807) is 24.2 Å². The fourth-order valence-electron chi connectivity index (χ4n) is 6.49. The van der Waals surface area contributed by atoms with Crippen LogP contribution in [0.5, 0.6) is 0 Å². The summed E-state index contributed by atoms with van der Waals surface area (Å²) in [7, 11) is -0.413. The predicted molar refractivity (Wildman–Crippen MR) is 133 cm³/mol. The van der Waals surface area contributed by atoms with Gasteiger partial charge in [0.05, 0.1) is 5.02 Å². The molecule has 0 atom stereocenters. The zero-order chi connectivity index (χ0) is 22.1. The molecule has 0 N–H and O–H groups in total. The molecule has 0 bridgehead atoms. The van der Waals surface area contributed by atoms with Crippen LogP contribution in [0.25, 0.3) is 0 Å².